The van der Waals surface area contributed by atoms with Crippen molar-refractivity contribution in [2.45, 2.75) is 69.9 Å². The smallest absolute Gasteiger partial charge is 0.0693 e. The molecule has 0 aromatic rings. The molecule has 2 rings (SSSR count). The first-order valence-electron chi connectivity index (χ1n) is 6.69. The lowest BCUT2D eigenvalue weighted by Gasteiger charge is -2.27. The summed E-state index contributed by atoms with van der Waals surface area (Å²) in [7, 11) is 0. The number of hydrogen-bond donors (Lipinski definition) is 2. The minimum absolute atomic E-state index is 0.0358. The van der Waals surface area contributed by atoms with Crippen LogP contribution in [-0.4, -0.2) is 17.3 Å². The van der Waals surface area contributed by atoms with Gasteiger partial charge in [-0.05, 0) is 24.7 Å². The molecule has 2 aliphatic rings. The zero-order valence-electron chi connectivity index (χ0n) is 9.70. The van der Waals surface area contributed by atoms with E-state index in [0.29, 0.717) is 0 Å². The van der Waals surface area contributed by atoms with Crippen molar-refractivity contribution in [1.29, 1.82) is 0 Å². The third-order valence-electron chi connectivity index (χ3n) is 4.10. The van der Waals surface area contributed by atoms with Crippen LogP contribution >= 0.6 is 0 Å². The molecular weight excluding hydrogens is 186 g/mol. The first kappa shape index (κ1) is 11.4. The van der Waals surface area contributed by atoms with Crippen molar-refractivity contribution >= 4 is 0 Å². The summed E-state index contributed by atoms with van der Waals surface area (Å²) < 4.78 is 0. The standard InChI is InChI=1S/C13H25NO/c14-12(13(15)9-11-6-7-11)8-10-4-2-1-3-5-10/h10-13,15H,1-9,14H2/t12-,13-/m0/s1. The van der Waals surface area contributed by atoms with Crippen LogP contribution in [0.1, 0.15) is 57.8 Å². The zero-order valence-corrected chi connectivity index (χ0v) is 9.70. The van der Waals surface area contributed by atoms with Gasteiger partial charge in [-0.2, -0.15) is 0 Å². The van der Waals surface area contributed by atoms with Gasteiger partial charge >= 0.3 is 0 Å². The first-order valence-corrected chi connectivity index (χ1v) is 6.69. The maximum atomic E-state index is 9.93. The Morgan fingerprint density at radius 2 is 1.53 bits per heavy atom. The molecule has 0 aromatic carbocycles. The summed E-state index contributed by atoms with van der Waals surface area (Å²) in [5.41, 5.74) is 6.07. The van der Waals surface area contributed by atoms with E-state index >= 15 is 0 Å². The fraction of sp³-hybridized carbons (Fsp3) is 1.00. The summed E-state index contributed by atoms with van der Waals surface area (Å²) in [5, 5.41) is 9.93. The Hall–Kier alpha value is -0.0800. The Kier molecular flexibility index (Phi) is 4.04. The molecule has 0 saturated heterocycles. The molecule has 2 aliphatic carbocycles. The predicted octanol–water partition coefficient (Wildman–Crippen LogP) is 2.45. The minimum atomic E-state index is -0.237. The van der Waals surface area contributed by atoms with Crippen molar-refractivity contribution in [3.63, 3.8) is 0 Å². The van der Waals surface area contributed by atoms with E-state index in [2.05, 4.69) is 0 Å². The third-order valence-corrected chi connectivity index (χ3v) is 4.10. The van der Waals surface area contributed by atoms with Gasteiger partial charge in [-0.1, -0.05) is 44.9 Å². The zero-order chi connectivity index (χ0) is 10.7. The molecule has 0 aromatic heterocycles. The second-order valence-corrected chi connectivity index (χ2v) is 5.65. The minimum Gasteiger partial charge on any atom is -0.392 e. The quantitative estimate of drug-likeness (QED) is 0.733. The van der Waals surface area contributed by atoms with E-state index in [1.54, 1.807) is 0 Å². The lowest BCUT2D eigenvalue weighted by atomic mass is 9.83. The average Bonchev–Trinajstić information content (AvgIpc) is 3.03. The summed E-state index contributed by atoms with van der Waals surface area (Å²) in [6.07, 6.45) is 11.2. The van der Waals surface area contributed by atoms with E-state index in [-0.39, 0.29) is 12.1 Å². The molecule has 15 heavy (non-hydrogen) atoms. The summed E-state index contributed by atoms with van der Waals surface area (Å²) in [6.45, 7) is 0. The SMILES string of the molecule is N[C@@H](CC1CCCCC1)[C@@H](O)CC1CC1. The van der Waals surface area contributed by atoms with E-state index in [1.807, 2.05) is 0 Å². The molecule has 3 N–H and O–H groups in total. The molecule has 2 saturated carbocycles. The number of aliphatic hydroxyl groups is 1. The van der Waals surface area contributed by atoms with Crippen molar-refractivity contribution in [2.24, 2.45) is 17.6 Å². The normalized spacial score (nSPS) is 27.6. The molecule has 0 unspecified atom stereocenters. The number of aliphatic hydroxyl groups excluding tert-OH is 1. The van der Waals surface area contributed by atoms with Crippen LogP contribution in [-0.2, 0) is 0 Å². The summed E-state index contributed by atoms with van der Waals surface area (Å²) in [6, 6.07) is 0.0358. The molecule has 2 nitrogen and oxygen atoms in total. The van der Waals surface area contributed by atoms with Gasteiger partial charge in [0.2, 0.25) is 0 Å². The Morgan fingerprint density at radius 3 is 2.13 bits per heavy atom. The van der Waals surface area contributed by atoms with E-state index in [0.717, 1.165) is 24.7 Å². The molecule has 0 spiro atoms. The average molecular weight is 211 g/mol. The van der Waals surface area contributed by atoms with Crippen molar-refractivity contribution in [2.75, 3.05) is 0 Å². The monoisotopic (exact) mass is 211 g/mol. The van der Waals surface area contributed by atoms with Gasteiger partial charge in [0.15, 0.2) is 0 Å². The fourth-order valence-corrected chi connectivity index (χ4v) is 2.83. The van der Waals surface area contributed by atoms with Crippen LogP contribution in [0, 0.1) is 11.8 Å². The maximum absolute atomic E-state index is 9.93. The van der Waals surface area contributed by atoms with Crippen LogP contribution in [0.2, 0.25) is 0 Å². The predicted molar refractivity (Wildman–Crippen MR) is 62.5 cm³/mol. The van der Waals surface area contributed by atoms with Gasteiger partial charge in [-0.25, -0.2) is 0 Å². The maximum Gasteiger partial charge on any atom is 0.0693 e. The lowest BCUT2D eigenvalue weighted by molar-refractivity contribution is 0.112. The van der Waals surface area contributed by atoms with Crippen LogP contribution < -0.4 is 5.73 Å². The Balaban J connectivity index is 1.66. The van der Waals surface area contributed by atoms with Gasteiger partial charge in [0.05, 0.1) is 6.10 Å². The van der Waals surface area contributed by atoms with Crippen molar-refractivity contribution in [3.8, 4) is 0 Å². The lowest BCUT2D eigenvalue weighted by Crippen LogP contribution is -2.37. The molecule has 0 bridgehead atoms. The molecular formula is C13H25NO. The van der Waals surface area contributed by atoms with Crippen molar-refractivity contribution < 1.29 is 5.11 Å². The summed E-state index contributed by atoms with van der Waals surface area (Å²) >= 11 is 0. The number of rotatable bonds is 5. The summed E-state index contributed by atoms with van der Waals surface area (Å²) in [4.78, 5) is 0. The fourth-order valence-electron chi connectivity index (χ4n) is 2.83. The molecule has 2 heteroatoms. The molecule has 2 atom stereocenters. The first-order chi connectivity index (χ1) is 7.25. The summed E-state index contributed by atoms with van der Waals surface area (Å²) in [5.74, 6) is 1.58. The highest BCUT2D eigenvalue weighted by atomic mass is 16.3. The van der Waals surface area contributed by atoms with Gasteiger partial charge in [0, 0.05) is 6.04 Å². The highest BCUT2D eigenvalue weighted by molar-refractivity contribution is 4.83. The van der Waals surface area contributed by atoms with Crippen LogP contribution in [0.3, 0.4) is 0 Å². The van der Waals surface area contributed by atoms with Crippen LogP contribution in [0.15, 0.2) is 0 Å². The largest absolute Gasteiger partial charge is 0.392 e. The van der Waals surface area contributed by atoms with Crippen LogP contribution in [0.25, 0.3) is 0 Å². The van der Waals surface area contributed by atoms with Gasteiger partial charge < -0.3 is 10.8 Å². The third kappa shape index (κ3) is 3.76. The van der Waals surface area contributed by atoms with Gasteiger partial charge in [-0.15, -0.1) is 0 Å². The van der Waals surface area contributed by atoms with Gasteiger partial charge in [0.1, 0.15) is 0 Å². The second-order valence-electron chi connectivity index (χ2n) is 5.65. The van der Waals surface area contributed by atoms with Crippen molar-refractivity contribution in [3.05, 3.63) is 0 Å². The molecule has 0 heterocycles. The Bertz CT molecular complexity index is 185. The van der Waals surface area contributed by atoms with Gasteiger partial charge in [0.25, 0.3) is 0 Å². The molecule has 2 fully saturated rings. The van der Waals surface area contributed by atoms with Gasteiger partial charge in [-0.3, -0.25) is 0 Å². The topological polar surface area (TPSA) is 46.2 Å². The van der Waals surface area contributed by atoms with E-state index in [1.165, 1.54) is 44.9 Å². The molecule has 0 radical (unpaired) electrons. The Morgan fingerprint density at radius 1 is 0.933 bits per heavy atom. The number of hydrogen-bond acceptors (Lipinski definition) is 2. The Labute approximate surface area is 93.2 Å². The van der Waals surface area contributed by atoms with Crippen LogP contribution in [0.4, 0.5) is 0 Å². The van der Waals surface area contributed by atoms with E-state index in [4.69, 9.17) is 5.73 Å². The highest BCUT2D eigenvalue weighted by Crippen LogP contribution is 2.35. The van der Waals surface area contributed by atoms with Crippen LogP contribution in [0.5, 0.6) is 0 Å². The van der Waals surface area contributed by atoms with Crippen molar-refractivity contribution in [1.82, 2.24) is 0 Å². The number of nitrogens with two attached hydrogens (primary N) is 1. The highest BCUT2D eigenvalue weighted by Gasteiger charge is 2.28. The molecule has 0 aliphatic heterocycles. The molecule has 0 amide bonds. The van der Waals surface area contributed by atoms with E-state index < -0.39 is 0 Å². The van der Waals surface area contributed by atoms with E-state index in [9.17, 15) is 5.11 Å². The molecule has 88 valence electrons. The second kappa shape index (κ2) is 5.31.